The molecule has 1 atom stereocenters. The lowest BCUT2D eigenvalue weighted by Crippen LogP contribution is -2.43. The predicted octanol–water partition coefficient (Wildman–Crippen LogP) is 0.455. The van der Waals surface area contributed by atoms with Gasteiger partial charge in [-0.15, -0.1) is 0 Å². The minimum atomic E-state index is -0.681. The van der Waals surface area contributed by atoms with Gasteiger partial charge in [0.25, 0.3) is 0 Å². The summed E-state index contributed by atoms with van der Waals surface area (Å²) in [5.41, 5.74) is -0.646. The van der Waals surface area contributed by atoms with E-state index in [2.05, 4.69) is 10.6 Å². The summed E-state index contributed by atoms with van der Waals surface area (Å²) in [6, 6.07) is 0. The summed E-state index contributed by atoms with van der Waals surface area (Å²) in [7, 11) is 0. The number of carbonyl (C=O) groups excluding carboxylic acids is 4. The molecule has 0 aliphatic carbocycles. The van der Waals surface area contributed by atoms with Crippen molar-refractivity contribution in [2.45, 2.75) is 46.1 Å². The summed E-state index contributed by atoms with van der Waals surface area (Å²) in [5, 5.41) is 5.09. The van der Waals surface area contributed by atoms with E-state index in [1.807, 2.05) is 0 Å². The molecule has 8 heteroatoms. The number of carbonyl (C=O) groups is 4. The van der Waals surface area contributed by atoms with Gasteiger partial charge in [0.15, 0.2) is 5.78 Å². The third-order valence-corrected chi connectivity index (χ3v) is 3.45. The van der Waals surface area contributed by atoms with Gasteiger partial charge in [-0.25, -0.2) is 4.79 Å². The van der Waals surface area contributed by atoms with E-state index in [1.54, 1.807) is 27.7 Å². The van der Waals surface area contributed by atoms with Gasteiger partial charge in [-0.2, -0.15) is 0 Å². The molecule has 24 heavy (non-hydrogen) atoms. The Morgan fingerprint density at radius 1 is 1.33 bits per heavy atom. The van der Waals surface area contributed by atoms with Crippen LogP contribution in [-0.4, -0.2) is 60.4 Å². The molecule has 2 N–H and O–H groups in total. The zero-order valence-electron chi connectivity index (χ0n) is 14.8. The zero-order chi connectivity index (χ0) is 18.3. The van der Waals surface area contributed by atoms with E-state index in [-0.39, 0.29) is 49.6 Å². The molecule has 8 nitrogen and oxygen atoms in total. The Bertz CT molecular complexity index is 498. The molecule has 136 valence electrons. The minimum absolute atomic E-state index is 0.0942. The minimum Gasteiger partial charge on any atom is -0.444 e. The van der Waals surface area contributed by atoms with Gasteiger partial charge < -0.3 is 20.3 Å². The maximum atomic E-state index is 12.0. The SMILES string of the molecule is CCC(=O)N(CC(=O)CNC(=O)OC(C)(C)C)CC1CCNC1=O. The molecule has 0 radical (unpaired) electrons. The van der Waals surface area contributed by atoms with Crippen LogP contribution in [0.25, 0.3) is 0 Å². The van der Waals surface area contributed by atoms with Crippen molar-refractivity contribution in [3.05, 3.63) is 0 Å². The summed E-state index contributed by atoms with van der Waals surface area (Å²) >= 11 is 0. The number of alkyl carbamates (subject to hydrolysis) is 1. The summed E-state index contributed by atoms with van der Waals surface area (Å²) in [4.78, 5) is 48.6. The Labute approximate surface area is 142 Å². The molecule has 0 bridgehead atoms. The van der Waals surface area contributed by atoms with Crippen molar-refractivity contribution in [2.24, 2.45) is 5.92 Å². The van der Waals surface area contributed by atoms with Gasteiger partial charge in [-0.3, -0.25) is 14.4 Å². The largest absolute Gasteiger partial charge is 0.444 e. The molecule has 1 rings (SSSR count). The number of ketones is 1. The third kappa shape index (κ3) is 6.97. The number of Topliss-reactive ketones (excluding diaryl/α,β-unsaturated/α-hetero) is 1. The lowest BCUT2D eigenvalue weighted by molar-refractivity contribution is -0.136. The van der Waals surface area contributed by atoms with Crippen LogP contribution in [0.4, 0.5) is 4.79 Å². The second-order valence-corrected chi connectivity index (χ2v) is 6.80. The fraction of sp³-hybridized carbons (Fsp3) is 0.750. The third-order valence-electron chi connectivity index (χ3n) is 3.45. The van der Waals surface area contributed by atoms with Crippen molar-refractivity contribution < 1.29 is 23.9 Å². The standard InChI is InChI=1S/C16H27N3O5/c1-5-13(21)19(9-11-6-7-17-14(11)22)10-12(20)8-18-15(23)24-16(2,3)4/h11H,5-10H2,1-4H3,(H,17,22)(H,18,23). The zero-order valence-corrected chi connectivity index (χ0v) is 14.8. The van der Waals surface area contributed by atoms with Crippen molar-refractivity contribution >= 4 is 23.7 Å². The average Bonchev–Trinajstić information content (AvgIpc) is 2.87. The number of hydrogen-bond donors (Lipinski definition) is 2. The van der Waals surface area contributed by atoms with Crippen molar-refractivity contribution in [3.63, 3.8) is 0 Å². The highest BCUT2D eigenvalue weighted by Gasteiger charge is 2.28. The van der Waals surface area contributed by atoms with E-state index in [0.717, 1.165) is 0 Å². The highest BCUT2D eigenvalue weighted by molar-refractivity contribution is 5.89. The molecule has 1 aliphatic rings. The number of hydrogen-bond acceptors (Lipinski definition) is 5. The van der Waals surface area contributed by atoms with Crippen molar-refractivity contribution in [3.8, 4) is 0 Å². The number of nitrogens with one attached hydrogen (secondary N) is 2. The molecular weight excluding hydrogens is 314 g/mol. The van der Waals surface area contributed by atoms with Crippen molar-refractivity contribution in [1.82, 2.24) is 15.5 Å². The molecule has 1 unspecified atom stereocenters. The van der Waals surface area contributed by atoms with E-state index >= 15 is 0 Å². The Morgan fingerprint density at radius 3 is 2.50 bits per heavy atom. The monoisotopic (exact) mass is 341 g/mol. The molecule has 1 fully saturated rings. The van der Waals surface area contributed by atoms with Gasteiger partial charge in [-0.05, 0) is 27.2 Å². The molecule has 0 aromatic heterocycles. The number of ether oxygens (including phenoxy) is 1. The van der Waals surface area contributed by atoms with Gasteiger partial charge in [-0.1, -0.05) is 6.92 Å². The summed E-state index contributed by atoms with van der Waals surface area (Å²) in [6.07, 6.45) is 0.219. The van der Waals surface area contributed by atoms with Crippen LogP contribution >= 0.6 is 0 Å². The van der Waals surface area contributed by atoms with Gasteiger partial charge in [0.2, 0.25) is 11.8 Å². The van der Waals surface area contributed by atoms with Crippen LogP contribution < -0.4 is 10.6 Å². The first kappa shape index (κ1) is 19.9. The van der Waals surface area contributed by atoms with Gasteiger partial charge in [0.1, 0.15) is 5.60 Å². The summed E-state index contributed by atoms with van der Waals surface area (Å²) in [5.74, 6) is -0.892. The van der Waals surface area contributed by atoms with E-state index in [9.17, 15) is 19.2 Å². The van der Waals surface area contributed by atoms with Crippen molar-refractivity contribution in [1.29, 1.82) is 0 Å². The summed E-state index contributed by atoms with van der Waals surface area (Å²) < 4.78 is 5.05. The van der Waals surface area contributed by atoms with Crippen LogP contribution in [0.1, 0.15) is 40.5 Å². The predicted molar refractivity (Wildman–Crippen MR) is 87.2 cm³/mol. The first-order chi connectivity index (χ1) is 11.1. The Balaban J connectivity index is 2.50. The van der Waals surface area contributed by atoms with E-state index < -0.39 is 11.7 Å². The van der Waals surface area contributed by atoms with E-state index in [1.165, 1.54) is 4.90 Å². The lowest BCUT2D eigenvalue weighted by atomic mass is 10.1. The van der Waals surface area contributed by atoms with Crippen LogP contribution in [0.15, 0.2) is 0 Å². The second kappa shape index (κ2) is 8.65. The fourth-order valence-corrected chi connectivity index (χ4v) is 2.32. The maximum absolute atomic E-state index is 12.0. The molecule has 0 aromatic carbocycles. The maximum Gasteiger partial charge on any atom is 0.408 e. The molecule has 0 spiro atoms. The molecule has 3 amide bonds. The summed E-state index contributed by atoms with van der Waals surface area (Å²) in [6.45, 7) is 7.33. The quantitative estimate of drug-likeness (QED) is 0.700. The van der Waals surface area contributed by atoms with Crippen LogP contribution in [0.3, 0.4) is 0 Å². The average molecular weight is 341 g/mol. The fourth-order valence-electron chi connectivity index (χ4n) is 2.32. The first-order valence-electron chi connectivity index (χ1n) is 8.16. The van der Waals surface area contributed by atoms with Crippen LogP contribution in [0, 0.1) is 5.92 Å². The van der Waals surface area contributed by atoms with Crippen LogP contribution in [0.2, 0.25) is 0 Å². The molecule has 1 heterocycles. The van der Waals surface area contributed by atoms with Crippen molar-refractivity contribution in [2.75, 3.05) is 26.2 Å². The van der Waals surface area contributed by atoms with Gasteiger partial charge >= 0.3 is 6.09 Å². The van der Waals surface area contributed by atoms with E-state index in [0.29, 0.717) is 13.0 Å². The Kier molecular flexibility index (Phi) is 7.18. The topological polar surface area (TPSA) is 105 Å². The number of nitrogens with zero attached hydrogens (tertiary/aromatic N) is 1. The van der Waals surface area contributed by atoms with Gasteiger partial charge in [0, 0.05) is 19.5 Å². The first-order valence-corrected chi connectivity index (χ1v) is 8.16. The Morgan fingerprint density at radius 2 is 2.00 bits per heavy atom. The molecule has 1 aliphatic heterocycles. The van der Waals surface area contributed by atoms with Gasteiger partial charge in [0.05, 0.1) is 19.0 Å². The Hall–Kier alpha value is -2.12. The molecule has 0 saturated carbocycles. The molecule has 1 saturated heterocycles. The smallest absolute Gasteiger partial charge is 0.408 e. The van der Waals surface area contributed by atoms with Crippen LogP contribution in [-0.2, 0) is 19.1 Å². The van der Waals surface area contributed by atoms with E-state index in [4.69, 9.17) is 4.74 Å². The highest BCUT2D eigenvalue weighted by Crippen LogP contribution is 2.12. The molecular formula is C16H27N3O5. The normalized spacial score (nSPS) is 17.2. The highest BCUT2D eigenvalue weighted by atomic mass is 16.6. The number of rotatable bonds is 7. The van der Waals surface area contributed by atoms with Crippen LogP contribution in [0.5, 0.6) is 0 Å². The second-order valence-electron chi connectivity index (χ2n) is 6.80. The lowest BCUT2D eigenvalue weighted by Gasteiger charge is -2.24. The number of amides is 3. The molecule has 0 aromatic rings.